The van der Waals surface area contributed by atoms with Gasteiger partial charge in [0, 0.05) is 18.3 Å². The predicted octanol–water partition coefficient (Wildman–Crippen LogP) is 1.06. The van der Waals surface area contributed by atoms with E-state index in [1.54, 1.807) is 0 Å². The number of fused-ring (bicyclic) bond motifs is 1. The van der Waals surface area contributed by atoms with Gasteiger partial charge in [-0.2, -0.15) is 4.80 Å². The van der Waals surface area contributed by atoms with Gasteiger partial charge in [0.2, 0.25) is 5.82 Å². The molecule has 11 nitrogen and oxygen atoms in total. The van der Waals surface area contributed by atoms with E-state index in [0.29, 0.717) is 11.5 Å². The monoisotopic (exact) mass is 434 g/mol. The molecule has 0 atom stereocenters. The Hall–Kier alpha value is -4.41. The molecule has 0 unspecified atom stereocenters. The lowest BCUT2D eigenvalue weighted by molar-refractivity contribution is -0.148. The summed E-state index contributed by atoms with van der Waals surface area (Å²) >= 11 is 0. The number of ether oxygens (including phenoxy) is 1. The van der Waals surface area contributed by atoms with E-state index in [1.165, 1.54) is 25.2 Å². The first-order valence-electron chi connectivity index (χ1n) is 9.58. The van der Waals surface area contributed by atoms with Crippen molar-refractivity contribution < 1.29 is 23.9 Å². The number of tetrazole rings is 1. The van der Waals surface area contributed by atoms with Crippen LogP contribution >= 0.6 is 0 Å². The highest BCUT2D eigenvalue weighted by atomic mass is 16.5. The van der Waals surface area contributed by atoms with Crippen LogP contribution in [0.3, 0.4) is 0 Å². The molecular formula is C21H18N6O5. The molecular weight excluding hydrogens is 416 g/mol. The summed E-state index contributed by atoms with van der Waals surface area (Å²) in [5.74, 6) is -1.80. The van der Waals surface area contributed by atoms with E-state index in [2.05, 4.69) is 20.7 Å². The molecule has 1 N–H and O–H groups in total. The molecule has 1 aromatic heterocycles. The standard InChI is InChI=1S/C21H18N6O5/c1-12-3-5-13(6-4-12)19-23-25-27(24-19)10-18(29)32-11-17(28)22-14-7-8-15-16(9-14)21(31)26(2)20(15)30/h3-9H,10-11H2,1-2H3,(H,22,28). The average Bonchev–Trinajstić information content (AvgIpc) is 3.32. The lowest BCUT2D eigenvalue weighted by Gasteiger charge is -2.07. The van der Waals surface area contributed by atoms with Crippen LogP contribution in [0.4, 0.5) is 5.69 Å². The summed E-state index contributed by atoms with van der Waals surface area (Å²) in [6.07, 6.45) is 0. The first-order valence-corrected chi connectivity index (χ1v) is 9.58. The third-order valence-electron chi connectivity index (χ3n) is 4.77. The van der Waals surface area contributed by atoms with Gasteiger partial charge in [-0.1, -0.05) is 29.8 Å². The highest BCUT2D eigenvalue weighted by Crippen LogP contribution is 2.24. The van der Waals surface area contributed by atoms with Gasteiger partial charge in [0.1, 0.15) is 0 Å². The SMILES string of the molecule is Cc1ccc(-c2nnn(CC(=O)OCC(=O)Nc3ccc4c(c3)C(=O)N(C)C4=O)n2)cc1. The van der Waals surface area contributed by atoms with Crippen LogP contribution in [-0.2, 0) is 20.9 Å². The van der Waals surface area contributed by atoms with Crippen LogP contribution in [0.5, 0.6) is 0 Å². The molecule has 0 bridgehead atoms. The minimum atomic E-state index is -0.718. The summed E-state index contributed by atoms with van der Waals surface area (Å²) in [6, 6.07) is 11.9. The smallest absolute Gasteiger partial charge is 0.330 e. The molecule has 3 aromatic rings. The van der Waals surface area contributed by atoms with Crippen LogP contribution in [-0.4, -0.2) is 62.5 Å². The Morgan fingerprint density at radius 2 is 1.75 bits per heavy atom. The third kappa shape index (κ3) is 4.21. The van der Waals surface area contributed by atoms with Gasteiger partial charge >= 0.3 is 5.97 Å². The average molecular weight is 434 g/mol. The molecule has 0 radical (unpaired) electrons. The number of nitrogens with one attached hydrogen (secondary N) is 1. The normalized spacial score (nSPS) is 12.6. The van der Waals surface area contributed by atoms with E-state index in [4.69, 9.17) is 4.74 Å². The number of carbonyl (C=O) groups excluding carboxylic acids is 4. The van der Waals surface area contributed by atoms with E-state index in [-0.39, 0.29) is 17.7 Å². The number of hydrogen-bond acceptors (Lipinski definition) is 8. The third-order valence-corrected chi connectivity index (χ3v) is 4.77. The van der Waals surface area contributed by atoms with Crippen molar-refractivity contribution in [3.63, 3.8) is 0 Å². The first kappa shape index (κ1) is 20.8. The van der Waals surface area contributed by atoms with Crippen molar-refractivity contribution >= 4 is 29.4 Å². The highest BCUT2D eigenvalue weighted by Gasteiger charge is 2.32. The zero-order valence-electron chi connectivity index (χ0n) is 17.2. The zero-order valence-corrected chi connectivity index (χ0v) is 17.2. The molecule has 2 aromatic carbocycles. The Morgan fingerprint density at radius 3 is 2.50 bits per heavy atom. The summed E-state index contributed by atoms with van der Waals surface area (Å²) < 4.78 is 4.95. The number of anilines is 1. The Bertz CT molecular complexity index is 1230. The lowest BCUT2D eigenvalue weighted by atomic mass is 10.1. The number of esters is 1. The van der Waals surface area contributed by atoms with Crippen molar-refractivity contribution in [2.75, 3.05) is 19.0 Å². The Kier molecular flexibility index (Phi) is 5.46. The molecule has 162 valence electrons. The number of imide groups is 1. The number of nitrogens with zero attached hydrogens (tertiary/aromatic N) is 5. The number of aryl methyl sites for hydroxylation is 1. The molecule has 4 rings (SSSR count). The van der Waals surface area contributed by atoms with E-state index < -0.39 is 30.3 Å². The summed E-state index contributed by atoms with van der Waals surface area (Å²) in [4.78, 5) is 50.1. The molecule has 3 amide bonds. The summed E-state index contributed by atoms with van der Waals surface area (Å²) in [5, 5.41) is 14.4. The minimum absolute atomic E-state index is 0.203. The predicted molar refractivity (Wildman–Crippen MR) is 110 cm³/mol. The number of carbonyl (C=O) groups is 4. The molecule has 32 heavy (non-hydrogen) atoms. The second-order valence-corrected chi connectivity index (χ2v) is 7.15. The second kappa shape index (κ2) is 8.38. The molecule has 2 heterocycles. The van der Waals surface area contributed by atoms with E-state index >= 15 is 0 Å². The number of benzene rings is 2. The van der Waals surface area contributed by atoms with Crippen molar-refractivity contribution in [2.45, 2.75) is 13.5 Å². The second-order valence-electron chi connectivity index (χ2n) is 7.15. The van der Waals surface area contributed by atoms with Gasteiger partial charge in [-0.3, -0.25) is 19.3 Å². The van der Waals surface area contributed by atoms with Crippen LogP contribution < -0.4 is 5.32 Å². The van der Waals surface area contributed by atoms with E-state index in [9.17, 15) is 19.2 Å². The van der Waals surface area contributed by atoms with Crippen LogP contribution in [0.1, 0.15) is 26.3 Å². The Morgan fingerprint density at radius 1 is 1.03 bits per heavy atom. The maximum absolute atomic E-state index is 12.1. The van der Waals surface area contributed by atoms with Crippen LogP contribution in [0.2, 0.25) is 0 Å². The van der Waals surface area contributed by atoms with E-state index in [1.807, 2.05) is 31.2 Å². The number of amides is 3. The van der Waals surface area contributed by atoms with Crippen molar-refractivity contribution in [3.8, 4) is 11.4 Å². The Labute approximate surface area is 182 Å². The molecule has 0 saturated heterocycles. The fraction of sp³-hybridized carbons (Fsp3) is 0.190. The number of rotatable bonds is 6. The molecule has 0 fully saturated rings. The zero-order chi connectivity index (χ0) is 22.8. The van der Waals surface area contributed by atoms with Gasteiger partial charge in [-0.25, -0.2) is 4.79 Å². The Balaban J connectivity index is 1.29. The minimum Gasteiger partial charge on any atom is -0.454 e. The molecule has 0 aliphatic carbocycles. The maximum Gasteiger partial charge on any atom is 0.330 e. The topological polar surface area (TPSA) is 136 Å². The fourth-order valence-corrected chi connectivity index (χ4v) is 3.07. The highest BCUT2D eigenvalue weighted by molar-refractivity contribution is 6.21. The maximum atomic E-state index is 12.1. The lowest BCUT2D eigenvalue weighted by Crippen LogP contribution is -2.24. The van der Waals surface area contributed by atoms with Crippen LogP contribution in [0, 0.1) is 6.92 Å². The summed E-state index contributed by atoms with van der Waals surface area (Å²) in [5.41, 5.74) is 2.63. The molecule has 0 spiro atoms. The summed E-state index contributed by atoms with van der Waals surface area (Å²) in [6.45, 7) is 1.11. The molecule has 0 saturated carbocycles. The van der Waals surface area contributed by atoms with Crippen LogP contribution in [0.25, 0.3) is 11.4 Å². The van der Waals surface area contributed by atoms with Crippen molar-refractivity contribution in [1.82, 2.24) is 25.1 Å². The van der Waals surface area contributed by atoms with Gasteiger partial charge in [-0.05, 0) is 30.3 Å². The number of hydrogen-bond donors (Lipinski definition) is 1. The molecule has 1 aliphatic rings. The van der Waals surface area contributed by atoms with Crippen molar-refractivity contribution in [3.05, 3.63) is 59.2 Å². The first-order chi connectivity index (χ1) is 15.3. The largest absolute Gasteiger partial charge is 0.454 e. The van der Waals surface area contributed by atoms with Crippen molar-refractivity contribution in [1.29, 1.82) is 0 Å². The van der Waals surface area contributed by atoms with Gasteiger partial charge in [0.05, 0.1) is 11.1 Å². The molecule has 11 heteroatoms. The fourth-order valence-electron chi connectivity index (χ4n) is 3.07. The quantitative estimate of drug-likeness (QED) is 0.449. The summed E-state index contributed by atoms with van der Waals surface area (Å²) in [7, 11) is 1.39. The van der Waals surface area contributed by atoms with E-state index in [0.717, 1.165) is 20.8 Å². The van der Waals surface area contributed by atoms with Gasteiger partial charge in [0.15, 0.2) is 13.2 Å². The van der Waals surface area contributed by atoms with Gasteiger partial charge in [-0.15, -0.1) is 10.2 Å². The van der Waals surface area contributed by atoms with Crippen LogP contribution in [0.15, 0.2) is 42.5 Å². The number of aromatic nitrogens is 4. The van der Waals surface area contributed by atoms with Crippen molar-refractivity contribution in [2.24, 2.45) is 0 Å². The van der Waals surface area contributed by atoms with Gasteiger partial charge < -0.3 is 10.1 Å². The molecule has 1 aliphatic heterocycles. The van der Waals surface area contributed by atoms with Gasteiger partial charge in [0.25, 0.3) is 17.7 Å².